The molecule has 0 amide bonds. The van der Waals surface area contributed by atoms with Gasteiger partial charge in [-0.2, -0.15) is 4.31 Å². The van der Waals surface area contributed by atoms with E-state index < -0.39 is 10.0 Å². The molecule has 0 atom stereocenters. The standard InChI is InChI=1S/C20H27N3O5S/c1-5-6-16-11-17(19(24)18(12-16)27-4)13-22-7-9-23(10-8-22)29(25,26)20-14(2)21-28-15(20)3/h5,11-12,24H,1,6-10,13H2,2-4H3. The fraction of sp³-hybridized carbons (Fsp3) is 0.450. The molecule has 1 fully saturated rings. The highest BCUT2D eigenvalue weighted by molar-refractivity contribution is 7.89. The molecule has 1 saturated heterocycles. The Bertz CT molecular complexity index is 972. The van der Waals surface area contributed by atoms with Gasteiger partial charge in [-0.3, -0.25) is 4.90 Å². The first-order valence-corrected chi connectivity index (χ1v) is 10.9. The summed E-state index contributed by atoms with van der Waals surface area (Å²) < 4.78 is 37.7. The SMILES string of the molecule is C=CCc1cc(CN2CCN(S(=O)(=O)c3c(C)noc3C)CC2)c(O)c(OC)c1. The largest absolute Gasteiger partial charge is 0.504 e. The van der Waals surface area contributed by atoms with Gasteiger partial charge in [-0.05, 0) is 31.9 Å². The number of hydrogen-bond acceptors (Lipinski definition) is 7. The zero-order valence-electron chi connectivity index (χ0n) is 17.0. The average Bonchev–Trinajstić information content (AvgIpc) is 3.03. The Morgan fingerprint density at radius 3 is 2.52 bits per heavy atom. The molecule has 2 heterocycles. The molecule has 158 valence electrons. The first-order valence-electron chi connectivity index (χ1n) is 9.43. The van der Waals surface area contributed by atoms with Crippen LogP contribution in [0.25, 0.3) is 0 Å². The van der Waals surface area contributed by atoms with E-state index in [2.05, 4.69) is 16.6 Å². The van der Waals surface area contributed by atoms with Crippen molar-refractivity contribution in [1.29, 1.82) is 0 Å². The number of methoxy groups -OCH3 is 1. The number of aromatic nitrogens is 1. The van der Waals surface area contributed by atoms with Crippen molar-refractivity contribution in [3.8, 4) is 11.5 Å². The highest BCUT2D eigenvalue weighted by Gasteiger charge is 2.33. The first-order chi connectivity index (χ1) is 13.8. The number of phenols is 1. The van der Waals surface area contributed by atoms with Crippen molar-refractivity contribution < 1.29 is 22.8 Å². The van der Waals surface area contributed by atoms with Crippen molar-refractivity contribution in [3.05, 3.63) is 47.4 Å². The lowest BCUT2D eigenvalue weighted by Crippen LogP contribution is -2.48. The third-order valence-corrected chi connectivity index (χ3v) is 7.25. The molecule has 0 radical (unpaired) electrons. The number of allylic oxidation sites excluding steroid dienone is 1. The molecule has 29 heavy (non-hydrogen) atoms. The minimum absolute atomic E-state index is 0.117. The first kappa shape index (κ1) is 21.4. The smallest absolute Gasteiger partial charge is 0.248 e. The zero-order chi connectivity index (χ0) is 21.2. The number of benzene rings is 1. The van der Waals surface area contributed by atoms with Gasteiger partial charge in [0.2, 0.25) is 10.0 Å². The molecule has 9 heteroatoms. The van der Waals surface area contributed by atoms with Crippen LogP contribution in [-0.4, -0.2) is 61.2 Å². The van der Waals surface area contributed by atoms with Crippen LogP contribution in [0.5, 0.6) is 11.5 Å². The topological polar surface area (TPSA) is 96.1 Å². The monoisotopic (exact) mass is 421 g/mol. The van der Waals surface area contributed by atoms with Crippen LogP contribution in [0.15, 0.2) is 34.2 Å². The second kappa shape index (κ2) is 8.56. The predicted molar refractivity (Wildman–Crippen MR) is 109 cm³/mol. The van der Waals surface area contributed by atoms with E-state index in [-0.39, 0.29) is 10.6 Å². The molecule has 1 N–H and O–H groups in total. The number of aromatic hydroxyl groups is 1. The van der Waals surface area contributed by atoms with E-state index in [0.29, 0.717) is 56.3 Å². The number of aryl methyl sites for hydroxylation is 2. The molecule has 1 aliphatic rings. The molecular formula is C20H27N3O5S. The molecule has 1 aromatic heterocycles. The van der Waals surface area contributed by atoms with Crippen molar-refractivity contribution in [2.75, 3.05) is 33.3 Å². The summed E-state index contributed by atoms with van der Waals surface area (Å²) in [7, 11) is -2.12. The Kier molecular flexibility index (Phi) is 6.30. The average molecular weight is 422 g/mol. The van der Waals surface area contributed by atoms with Crippen molar-refractivity contribution in [3.63, 3.8) is 0 Å². The Morgan fingerprint density at radius 2 is 1.97 bits per heavy atom. The number of phenolic OH excluding ortho intramolecular Hbond substituents is 1. The van der Waals surface area contributed by atoms with Crippen LogP contribution in [0, 0.1) is 13.8 Å². The van der Waals surface area contributed by atoms with Crippen LogP contribution >= 0.6 is 0 Å². The van der Waals surface area contributed by atoms with Crippen LogP contribution in [0.3, 0.4) is 0 Å². The van der Waals surface area contributed by atoms with Gasteiger partial charge in [0.15, 0.2) is 17.3 Å². The number of ether oxygens (including phenoxy) is 1. The molecule has 0 saturated carbocycles. The van der Waals surface area contributed by atoms with Crippen molar-refractivity contribution in [1.82, 2.24) is 14.4 Å². The highest BCUT2D eigenvalue weighted by Crippen LogP contribution is 2.33. The minimum Gasteiger partial charge on any atom is -0.504 e. The van der Waals surface area contributed by atoms with Gasteiger partial charge in [0.05, 0.1) is 7.11 Å². The summed E-state index contributed by atoms with van der Waals surface area (Å²) in [5.74, 6) is 0.853. The van der Waals surface area contributed by atoms with E-state index in [1.807, 2.05) is 6.07 Å². The zero-order valence-corrected chi connectivity index (χ0v) is 17.8. The fourth-order valence-corrected chi connectivity index (χ4v) is 5.34. The van der Waals surface area contributed by atoms with E-state index in [0.717, 1.165) is 11.1 Å². The molecule has 0 spiro atoms. The second-order valence-electron chi connectivity index (χ2n) is 7.13. The fourth-order valence-electron chi connectivity index (χ4n) is 3.63. The van der Waals surface area contributed by atoms with E-state index in [4.69, 9.17) is 9.26 Å². The van der Waals surface area contributed by atoms with Gasteiger partial charge in [0.1, 0.15) is 10.6 Å². The summed E-state index contributed by atoms with van der Waals surface area (Å²) in [6.07, 6.45) is 2.47. The van der Waals surface area contributed by atoms with Crippen LogP contribution in [-0.2, 0) is 23.0 Å². The summed E-state index contributed by atoms with van der Waals surface area (Å²) in [6, 6.07) is 3.74. The Balaban J connectivity index is 1.72. The molecule has 0 aliphatic carbocycles. The lowest BCUT2D eigenvalue weighted by molar-refractivity contribution is 0.179. The van der Waals surface area contributed by atoms with E-state index in [1.165, 1.54) is 11.4 Å². The van der Waals surface area contributed by atoms with Crippen LogP contribution < -0.4 is 4.74 Å². The van der Waals surface area contributed by atoms with Gasteiger partial charge in [-0.1, -0.05) is 17.3 Å². The maximum atomic E-state index is 13.0. The summed E-state index contributed by atoms with van der Waals surface area (Å²) in [4.78, 5) is 2.27. The number of nitrogens with zero attached hydrogens (tertiary/aromatic N) is 3. The van der Waals surface area contributed by atoms with Gasteiger partial charge >= 0.3 is 0 Å². The second-order valence-corrected chi connectivity index (χ2v) is 9.01. The number of rotatable bonds is 7. The Labute approximate surface area is 171 Å². The van der Waals surface area contributed by atoms with Gasteiger partial charge in [0, 0.05) is 38.3 Å². The predicted octanol–water partition coefficient (Wildman–Crippen LogP) is 2.24. The minimum atomic E-state index is -3.64. The lowest BCUT2D eigenvalue weighted by Gasteiger charge is -2.34. The highest BCUT2D eigenvalue weighted by atomic mass is 32.2. The van der Waals surface area contributed by atoms with E-state index >= 15 is 0 Å². The van der Waals surface area contributed by atoms with E-state index in [9.17, 15) is 13.5 Å². The van der Waals surface area contributed by atoms with Crippen LogP contribution in [0.2, 0.25) is 0 Å². The van der Waals surface area contributed by atoms with Crippen LogP contribution in [0.1, 0.15) is 22.6 Å². The molecule has 1 aromatic carbocycles. The normalized spacial score (nSPS) is 16.1. The summed E-state index contributed by atoms with van der Waals surface area (Å²) in [6.45, 7) is 9.32. The number of sulfonamides is 1. The van der Waals surface area contributed by atoms with Gasteiger partial charge in [-0.25, -0.2) is 8.42 Å². The molecule has 0 unspecified atom stereocenters. The van der Waals surface area contributed by atoms with Gasteiger partial charge in [0.25, 0.3) is 0 Å². The molecule has 1 aliphatic heterocycles. The summed E-state index contributed by atoms with van der Waals surface area (Å²) in [5.41, 5.74) is 2.13. The van der Waals surface area contributed by atoms with Gasteiger partial charge < -0.3 is 14.4 Å². The number of piperazine rings is 1. The lowest BCUT2D eigenvalue weighted by atomic mass is 10.1. The molecule has 0 bridgehead atoms. The molecule has 8 nitrogen and oxygen atoms in total. The molecular weight excluding hydrogens is 394 g/mol. The maximum absolute atomic E-state index is 13.0. The molecule has 3 rings (SSSR count). The molecule has 2 aromatic rings. The Morgan fingerprint density at radius 1 is 1.28 bits per heavy atom. The summed E-state index contributed by atoms with van der Waals surface area (Å²) in [5, 5.41) is 14.2. The maximum Gasteiger partial charge on any atom is 0.248 e. The quantitative estimate of drug-likeness (QED) is 0.685. The van der Waals surface area contributed by atoms with Crippen molar-refractivity contribution >= 4 is 10.0 Å². The third-order valence-electron chi connectivity index (χ3n) is 5.10. The van der Waals surface area contributed by atoms with Crippen molar-refractivity contribution in [2.45, 2.75) is 31.7 Å². The van der Waals surface area contributed by atoms with E-state index in [1.54, 1.807) is 26.0 Å². The number of hydrogen-bond donors (Lipinski definition) is 1. The van der Waals surface area contributed by atoms with Gasteiger partial charge in [-0.15, -0.1) is 6.58 Å². The Hall–Kier alpha value is -2.36. The van der Waals surface area contributed by atoms with Crippen molar-refractivity contribution in [2.24, 2.45) is 0 Å². The van der Waals surface area contributed by atoms with Crippen LogP contribution in [0.4, 0.5) is 0 Å². The third kappa shape index (κ3) is 4.31. The summed E-state index contributed by atoms with van der Waals surface area (Å²) >= 11 is 0.